The molecule has 28 heavy (non-hydrogen) atoms. The maximum absolute atomic E-state index is 12.5. The number of sulfonamides is 1. The number of nitrogens with two attached hydrogens (primary N) is 1. The lowest BCUT2D eigenvalue weighted by molar-refractivity contribution is -0.126. The molecule has 2 fully saturated rings. The van der Waals surface area contributed by atoms with E-state index < -0.39 is 10.0 Å². The predicted octanol–water partition coefficient (Wildman–Crippen LogP) is 0.920. The fourth-order valence-electron chi connectivity index (χ4n) is 3.79. The normalized spacial score (nSPS) is 20.2. The zero-order valence-electron chi connectivity index (χ0n) is 16.0. The first-order chi connectivity index (χ1) is 13.3. The number of carbonyl (C=O) groups excluding carboxylic acids is 2. The van der Waals surface area contributed by atoms with Crippen LogP contribution in [-0.2, 0) is 21.2 Å². The van der Waals surface area contributed by atoms with Gasteiger partial charge in [-0.3, -0.25) is 4.79 Å². The average molecular weight is 409 g/mol. The third-order valence-corrected chi connectivity index (χ3v) is 6.33. The fraction of sp³-hybridized carbons (Fsp3) is 0.579. The highest BCUT2D eigenvalue weighted by Crippen LogP contribution is 2.20. The van der Waals surface area contributed by atoms with E-state index in [2.05, 4.69) is 5.32 Å². The molecule has 1 unspecified atom stereocenters. The van der Waals surface area contributed by atoms with Gasteiger partial charge in [0.2, 0.25) is 15.9 Å². The summed E-state index contributed by atoms with van der Waals surface area (Å²) in [6.07, 6.45) is 4.34. The quantitative estimate of drug-likeness (QED) is 0.754. The van der Waals surface area contributed by atoms with E-state index in [4.69, 9.17) is 5.14 Å². The molecule has 2 aliphatic rings. The summed E-state index contributed by atoms with van der Waals surface area (Å²) in [4.78, 5) is 28.8. The Balaban J connectivity index is 1.46. The van der Waals surface area contributed by atoms with Crippen LogP contribution in [0.5, 0.6) is 0 Å². The molecule has 3 amide bonds. The van der Waals surface area contributed by atoms with Crippen molar-refractivity contribution in [3.63, 3.8) is 0 Å². The molecule has 154 valence electrons. The van der Waals surface area contributed by atoms with Gasteiger partial charge in [0.1, 0.15) is 0 Å². The van der Waals surface area contributed by atoms with Gasteiger partial charge < -0.3 is 15.1 Å². The lowest BCUT2D eigenvalue weighted by Crippen LogP contribution is -2.49. The number of amides is 3. The second-order valence-corrected chi connectivity index (χ2v) is 9.05. The van der Waals surface area contributed by atoms with E-state index in [1.165, 1.54) is 12.1 Å². The van der Waals surface area contributed by atoms with Crippen LogP contribution in [0.15, 0.2) is 29.2 Å². The van der Waals surface area contributed by atoms with Crippen LogP contribution in [-0.4, -0.2) is 62.9 Å². The highest BCUT2D eigenvalue weighted by Gasteiger charge is 2.31. The first kappa shape index (κ1) is 20.6. The van der Waals surface area contributed by atoms with E-state index in [1.807, 2.05) is 9.80 Å². The summed E-state index contributed by atoms with van der Waals surface area (Å²) in [6.45, 7) is 3.29. The number of nitrogens with zero attached hydrogens (tertiary/aromatic N) is 2. The minimum absolute atomic E-state index is 0.0277. The molecule has 0 aliphatic carbocycles. The molecule has 3 rings (SSSR count). The Morgan fingerprint density at radius 2 is 1.68 bits per heavy atom. The molecule has 0 bridgehead atoms. The van der Waals surface area contributed by atoms with Gasteiger partial charge in [-0.2, -0.15) is 0 Å². The summed E-state index contributed by atoms with van der Waals surface area (Å²) < 4.78 is 22.5. The van der Waals surface area contributed by atoms with Gasteiger partial charge >= 0.3 is 6.03 Å². The van der Waals surface area contributed by atoms with Crippen LogP contribution in [0, 0.1) is 5.92 Å². The summed E-state index contributed by atoms with van der Waals surface area (Å²) in [5.74, 6) is -0.204. The molecule has 0 aromatic heterocycles. The van der Waals surface area contributed by atoms with Crippen LogP contribution in [0.3, 0.4) is 0 Å². The van der Waals surface area contributed by atoms with Gasteiger partial charge in [-0.15, -0.1) is 0 Å². The van der Waals surface area contributed by atoms with Crippen LogP contribution >= 0.6 is 0 Å². The summed E-state index contributed by atoms with van der Waals surface area (Å²) in [5, 5.41) is 8.03. The second-order valence-electron chi connectivity index (χ2n) is 7.49. The van der Waals surface area contributed by atoms with Crippen LogP contribution < -0.4 is 10.5 Å². The topological polar surface area (TPSA) is 113 Å². The smallest absolute Gasteiger partial charge is 0.320 e. The number of primary sulfonamides is 1. The van der Waals surface area contributed by atoms with Crippen molar-refractivity contribution in [2.45, 2.75) is 37.0 Å². The zero-order chi connectivity index (χ0) is 20.1. The van der Waals surface area contributed by atoms with Crippen molar-refractivity contribution >= 4 is 22.0 Å². The number of urea groups is 1. The number of piperidine rings is 1. The van der Waals surface area contributed by atoms with Crippen LogP contribution in [0.4, 0.5) is 4.79 Å². The number of hydrogen-bond acceptors (Lipinski definition) is 4. The number of carbonyl (C=O) groups is 2. The van der Waals surface area contributed by atoms with E-state index in [0.717, 1.165) is 50.9 Å². The minimum atomic E-state index is -3.69. The maximum atomic E-state index is 12.5. The molecule has 1 atom stereocenters. The number of likely N-dealkylation sites (tertiary alicyclic amines) is 2. The zero-order valence-corrected chi connectivity index (χ0v) is 16.8. The second kappa shape index (κ2) is 8.91. The molecular weight excluding hydrogens is 380 g/mol. The monoisotopic (exact) mass is 408 g/mol. The van der Waals surface area contributed by atoms with Gasteiger partial charge in [0, 0.05) is 32.7 Å². The molecule has 1 aromatic carbocycles. The number of benzene rings is 1. The Hall–Kier alpha value is -2.13. The summed E-state index contributed by atoms with van der Waals surface area (Å²) in [6, 6.07) is 6.39. The molecule has 8 nitrogen and oxygen atoms in total. The number of hydrogen-bond donors (Lipinski definition) is 2. The largest absolute Gasteiger partial charge is 0.355 e. The Morgan fingerprint density at radius 3 is 2.32 bits per heavy atom. The molecule has 9 heteroatoms. The van der Waals surface area contributed by atoms with Crippen molar-refractivity contribution in [3.8, 4) is 0 Å². The van der Waals surface area contributed by atoms with Crippen molar-refractivity contribution in [1.82, 2.24) is 15.1 Å². The first-order valence-corrected chi connectivity index (χ1v) is 11.3. The highest BCUT2D eigenvalue weighted by atomic mass is 32.2. The molecule has 0 spiro atoms. The number of nitrogens with one attached hydrogen (secondary N) is 1. The molecule has 0 radical (unpaired) electrons. The van der Waals surface area contributed by atoms with E-state index in [-0.39, 0.29) is 22.8 Å². The van der Waals surface area contributed by atoms with Gasteiger partial charge in [-0.05, 0) is 49.8 Å². The van der Waals surface area contributed by atoms with E-state index >= 15 is 0 Å². The minimum Gasteiger partial charge on any atom is -0.355 e. The molecular formula is C19H28N4O4S. The molecule has 0 saturated carbocycles. The highest BCUT2D eigenvalue weighted by molar-refractivity contribution is 7.89. The summed E-state index contributed by atoms with van der Waals surface area (Å²) in [5.41, 5.74) is 0.919. The SMILES string of the molecule is NS(=O)(=O)c1ccc(CCNC(=O)C2CCCN(C(=O)N3CCCC3)C2)cc1. The standard InChI is InChI=1S/C19H28N4O4S/c20-28(26,27)17-7-5-15(6-8-17)9-10-21-18(24)16-4-3-13-23(14-16)19(25)22-11-1-2-12-22/h5-8,16H,1-4,9-14H2,(H,21,24)(H2,20,26,27). The Labute approximate surface area is 166 Å². The molecule has 2 heterocycles. The number of rotatable bonds is 5. The van der Waals surface area contributed by atoms with Gasteiger partial charge in [-0.1, -0.05) is 12.1 Å². The van der Waals surface area contributed by atoms with Gasteiger partial charge in [0.15, 0.2) is 0 Å². The van der Waals surface area contributed by atoms with Crippen molar-refractivity contribution in [3.05, 3.63) is 29.8 Å². The Morgan fingerprint density at radius 1 is 1.04 bits per heavy atom. The van der Waals surface area contributed by atoms with Crippen LogP contribution in [0.2, 0.25) is 0 Å². The van der Waals surface area contributed by atoms with Crippen LogP contribution in [0.1, 0.15) is 31.2 Å². The first-order valence-electron chi connectivity index (χ1n) is 9.78. The van der Waals surface area contributed by atoms with E-state index in [9.17, 15) is 18.0 Å². The average Bonchev–Trinajstić information content (AvgIpc) is 3.22. The lowest BCUT2D eigenvalue weighted by Gasteiger charge is -2.34. The van der Waals surface area contributed by atoms with Gasteiger partial charge in [-0.25, -0.2) is 18.4 Å². The van der Waals surface area contributed by atoms with Crippen molar-refractivity contribution < 1.29 is 18.0 Å². The van der Waals surface area contributed by atoms with E-state index in [0.29, 0.717) is 19.5 Å². The van der Waals surface area contributed by atoms with Crippen molar-refractivity contribution in [1.29, 1.82) is 0 Å². The van der Waals surface area contributed by atoms with Crippen molar-refractivity contribution in [2.75, 3.05) is 32.7 Å². The lowest BCUT2D eigenvalue weighted by atomic mass is 9.97. The van der Waals surface area contributed by atoms with E-state index in [1.54, 1.807) is 12.1 Å². The molecule has 1 aromatic rings. The Kier molecular flexibility index (Phi) is 6.56. The predicted molar refractivity (Wildman–Crippen MR) is 105 cm³/mol. The molecule has 3 N–H and O–H groups in total. The molecule has 2 saturated heterocycles. The summed E-state index contributed by atoms with van der Waals surface area (Å²) >= 11 is 0. The maximum Gasteiger partial charge on any atom is 0.320 e. The van der Waals surface area contributed by atoms with Gasteiger partial charge in [0.05, 0.1) is 10.8 Å². The fourth-order valence-corrected chi connectivity index (χ4v) is 4.31. The van der Waals surface area contributed by atoms with Crippen molar-refractivity contribution in [2.24, 2.45) is 11.1 Å². The molecule has 2 aliphatic heterocycles. The summed E-state index contributed by atoms with van der Waals surface area (Å²) in [7, 11) is -3.69. The Bertz CT molecular complexity index is 804. The third-order valence-electron chi connectivity index (χ3n) is 5.40. The van der Waals surface area contributed by atoms with Gasteiger partial charge in [0.25, 0.3) is 0 Å². The van der Waals surface area contributed by atoms with Crippen LogP contribution in [0.25, 0.3) is 0 Å². The third kappa shape index (κ3) is 5.23.